The zero-order chi connectivity index (χ0) is 16.4. The maximum atomic E-state index is 12.6. The number of fused-ring (bicyclic) bond motifs is 1. The largest absolute Gasteiger partial charge is 0.354 e. The molecular weight excluding hydrogens is 377 g/mol. The van der Waals surface area contributed by atoms with Crippen LogP contribution < -0.4 is 11.1 Å². The van der Waals surface area contributed by atoms with Gasteiger partial charge in [0.15, 0.2) is 0 Å². The summed E-state index contributed by atoms with van der Waals surface area (Å²) in [5.41, 5.74) is 6.59. The molecule has 1 heterocycles. The molecule has 3 rings (SSSR count). The summed E-state index contributed by atoms with van der Waals surface area (Å²) in [7, 11) is 0. The van der Waals surface area contributed by atoms with E-state index in [1.165, 1.54) is 4.70 Å². The van der Waals surface area contributed by atoms with Gasteiger partial charge in [0.2, 0.25) is 5.91 Å². The minimum absolute atomic E-state index is 0. The summed E-state index contributed by atoms with van der Waals surface area (Å²) in [6.07, 6.45) is 5.89. The summed E-state index contributed by atoms with van der Waals surface area (Å²) in [6, 6.07) is 8.14. The number of thiazole rings is 1. The summed E-state index contributed by atoms with van der Waals surface area (Å²) in [4.78, 5) is 17.4. The van der Waals surface area contributed by atoms with Crippen LogP contribution in [0.25, 0.3) is 10.2 Å². The Labute approximate surface area is 165 Å². The van der Waals surface area contributed by atoms with Crippen LogP contribution in [0, 0.1) is 5.92 Å². The second kappa shape index (κ2) is 8.99. The molecule has 0 fully saturated rings. The van der Waals surface area contributed by atoms with Gasteiger partial charge in [0.1, 0.15) is 0 Å². The average Bonchev–Trinajstić information content (AvgIpc) is 2.96. The molecule has 2 atom stereocenters. The Morgan fingerprint density at radius 1 is 1.28 bits per heavy atom. The van der Waals surface area contributed by atoms with E-state index in [-0.39, 0.29) is 42.6 Å². The van der Waals surface area contributed by atoms with Gasteiger partial charge in [-0.1, -0.05) is 24.3 Å². The van der Waals surface area contributed by atoms with E-state index in [0.29, 0.717) is 6.54 Å². The van der Waals surface area contributed by atoms with Crippen LogP contribution in [-0.2, 0) is 4.79 Å². The van der Waals surface area contributed by atoms with E-state index in [4.69, 9.17) is 10.7 Å². The smallest absolute Gasteiger partial charge is 0.224 e. The van der Waals surface area contributed by atoms with Gasteiger partial charge in [0, 0.05) is 18.0 Å². The molecule has 1 aliphatic carbocycles. The number of aromatic nitrogens is 1. The number of halogens is 2. The second-order valence-electron chi connectivity index (χ2n) is 6.88. The summed E-state index contributed by atoms with van der Waals surface area (Å²) in [6.45, 7) is 4.32. The van der Waals surface area contributed by atoms with Crippen molar-refractivity contribution in [1.29, 1.82) is 0 Å². The number of nitrogens with two attached hydrogens (primary N) is 1. The maximum absolute atomic E-state index is 12.6. The van der Waals surface area contributed by atoms with Crippen molar-refractivity contribution >= 4 is 52.3 Å². The predicted octanol–water partition coefficient (Wildman–Crippen LogP) is 4.04. The molecule has 1 aliphatic rings. The van der Waals surface area contributed by atoms with E-state index in [1.54, 1.807) is 11.3 Å². The number of rotatable bonds is 4. The monoisotopic (exact) mass is 401 g/mol. The van der Waals surface area contributed by atoms with Gasteiger partial charge in [-0.05, 0) is 38.8 Å². The van der Waals surface area contributed by atoms with Crippen molar-refractivity contribution in [1.82, 2.24) is 10.3 Å². The zero-order valence-electron chi connectivity index (χ0n) is 14.4. The molecule has 0 radical (unpaired) electrons. The normalized spacial score (nSPS) is 19.8. The Hall–Kier alpha value is -1.14. The molecule has 0 aliphatic heterocycles. The van der Waals surface area contributed by atoms with Gasteiger partial charge < -0.3 is 11.1 Å². The number of nitrogens with one attached hydrogen (secondary N) is 1. The van der Waals surface area contributed by atoms with Crippen molar-refractivity contribution in [3.05, 3.63) is 41.4 Å². The summed E-state index contributed by atoms with van der Waals surface area (Å²) < 4.78 is 1.18. The van der Waals surface area contributed by atoms with E-state index in [1.807, 2.05) is 32.0 Å². The first kappa shape index (κ1) is 21.9. The maximum Gasteiger partial charge on any atom is 0.224 e. The van der Waals surface area contributed by atoms with Crippen LogP contribution in [0.4, 0.5) is 0 Å². The number of hydrogen-bond donors (Lipinski definition) is 2. The van der Waals surface area contributed by atoms with Crippen molar-refractivity contribution in [2.45, 2.75) is 38.1 Å². The van der Waals surface area contributed by atoms with Crippen LogP contribution in [0.2, 0.25) is 0 Å². The van der Waals surface area contributed by atoms with Gasteiger partial charge in [-0.15, -0.1) is 36.2 Å². The molecule has 0 bridgehead atoms. The number of allylic oxidation sites excluding steroid dienone is 2. The van der Waals surface area contributed by atoms with Crippen LogP contribution in [-0.4, -0.2) is 23.0 Å². The molecule has 2 unspecified atom stereocenters. The lowest BCUT2D eigenvalue weighted by Crippen LogP contribution is -2.47. The molecule has 25 heavy (non-hydrogen) atoms. The molecule has 2 aromatic rings. The highest BCUT2D eigenvalue weighted by atomic mass is 35.5. The molecule has 1 aromatic heterocycles. The van der Waals surface area contributed by atoms with E-state index >= 15 is 0 Å². The summed E-state index contributed by atoms with van der Waals surface area (Å²) in [5, 5.41) is 4.06. The molecule has 7 heteroatoms. The molecule has 1 aromatic carbocycles. The molecule has 0 saturated heterocycles. The van der Waals surface area contributed by atoms with Gasteiger partial charge >= 0.3 is 0 Å². The van der Waals surface area contributed by atoms with Gasteiger partial charge in [-0.3, -0.25) is 4.79 Å². The van der Waals surface area contributed by atoms with Crippen LogP contribution in [0.1, 0.15) is 37.6 Å². The molecule has 138 valence electrons. The van der Waals surface area contributed by atoms with Crippen LogP contribution >= 0.6 is 36.2 Å². The van der Waals surface area contributed by atoms with Gasteiger partial charge in [-0.2, -0.15) is 0 Å². The lowest BCUT2D eigenvalue weighted by molar-refractivity contribution is -0.126. The Kier molecular flexibility index (Phi) is 7.88. The van der Waals surface area contributed by atoms with Gasteiger partial charge in [-0.25, -0.2) is 4.98 Å². The molecule has 4 nitrogen and oxygen atoms in total. The number of carbonyl (C=O) groups excluding carboxylic acids is 1. The third-order valence-electron chi connectivity index (χ3n) is 4.12. The third-order valence-corrected chi connectivity index (χ3v) is 5.28. The van der Waals surface area contributed by atoms with Crippen LogP contribution in [0.3, 0.4) is 0 Å². The lowest BCUT2D eigenvalue weighted by atomic mass is 9.82. The van der Waals surface area contributed by atoms with Crippen molar-refractivity contribution in [2.24, 2.45) is 11.7 Å². The standard InChI is InChI=1S/C18H23N3OS.2ClH/c1-18(2,19)11-20-16(22)12-7-3-4-8-13(12)17-21-14-9-5-6-10-15(14)23-17;;/h3-6,9-10,12-13H,7-8,11,19H2,1-2H3,(H,20,22);2*1H. The number of hydrogen-bond acceptors (Lipinski definition) is 4. The van der Waals surface area contributed by atoms with Gasteiger partial charge in [0.05, 0.1) is 21.1 Å². The van der Waals surface area contributed by atoms with Crippen molar-refractivity contribution in [3.63, 3.8) is 0 Å². The topological polar surface area (TPSA) is 68.0 Å². The van der Waals surface area contributed by atoms with E-state index < -0.39 is 5.54 Å². The first-order valence-electron chi connectivity index (χ1n) is 8.01. The lowest BCUT2D eigenvalue weighted by Gasteiger charge is -2.27. The van der Waals surface area contributed by atoms with E-state index in [2.05, 4.69) is 23.5 Å². The SMILES string of the molecule is CC(C)(N)CNC(=O)C1CC=CCC1c1nc2ccccc2s1.Cl.Cl. The predicted molar refractivity (Wildman–Crippen MR) is 110 cm³/mol. The zero-order valence-corrected chi connectivity index (χ0v) is 16.8. The van der Waals surface area contributed by atoms with Crippen molar-refractivity contribution in [3.8, 4) is 0 Å². The highest BCUT2D eigenvalue weighted by Gasteiger charge is 2.32. The van der Waals surface area contributed by atoms with Gasteiger partial charge in [0.25, 0.3) is 0 Å². The fourth-order valence-corrected chi connectivity index (χ4v) is 4.02. The first-order chi connectivity index (χ1) is 10.9. The van der Waals surface area contributed by atoms with Crippen LogP contribution in [0.5, 0.6) is 0 Å². The minimum atomic E-state index is -0.397. The number of para-hydroxylation sites is 1. The highest BCUT2D eigenvalue weighted by molar-refractivity contribution is 7.18. The second-order valence-corrected chi connectivity index (χ2v) is 7.94. The molecular formula is C18H25Cl2N3OS. The third kappa shape index (κ3) is 5.42. The Balaban J connectivity index is 0.00000156. The fourth-order valence-electron chi connectivity index (χ4n) is 2.87. The quantitative estimate of drug-likeness (QED) is 0.759. The first-order valence-corrected chi connectivity index (χ1v) is 8.83. The van der Waals surface area contributed by atoms with E-state index in [0.717, 1.165) is 23.4 Å². The van der Waals surface area contributed by atoms with E-state index in [9.17, 15) is 4.79 Å². The Bertz CT molecular complexity index is 706. The van der Waals surface area contributed by atoms with Crippen LogP contribution in [0.15, 0.2) is 36.4 Å². The summed E-state index contributed by atoms with van der Waals surface area (Å²) in [5.74, 6) is 0.165. The van der Waals surface area contributed by atoms with Crippen molar-refractivity contribution < 1.29 is 4.79 Å². The number of carbonyl (C=O) groups is 1. The molecule has 0 spiro atoms. The highest BCUT2D eigenvalue weighted by Crippen LogP contribution is 2.38. The molecule has 0 saturated carbocycles. The minimum Gasteiger partial charge on any atom is -0.354 e. The Morgan fingerprint density at radius 2 is 1.96 bits per heavy atom. The average molecular weight is 402 g/mol. The number of benzene rings is 1. The summed E-state index contributed by atoms with van der Waals surface area (Å²) >= 11 is 1.70. The molecule has 1 amide bonds. The molecule has 3 N–H and O–H groups in total. The number of nitrogens with zero attached hydrogens (tertiary/aromatic N) is 1. The number of amides is 1. The van der Waals surface area contributed by atoms with Crippen molar-refractivity contribution in [2.75, 3.05) is 6.54 Å². The Morgan fingerprint density at radius 3 is 2.64 bits per heavy atom. The fraction of sp³-hybridized carbons (Fsp3) is 0.444.